The summed E-state index contributed by atoms with van der Waals surface area (Å²) in [6, 6.07) is 0. The van der Waals surface area contributed by atoms with Crippen LogP contribution in [0.15, 0.2) is 31.1 Å². The Balaban J connectivity index is 1.85. The van der Waals surface area contributed by atoms with Crippen molar-refractivity contribution < 1.29 is 4.79 Å². The van der Waals surface area contributed by atoms with Gasteiger partial charge < -0.3 is 9.88 Å². The largest absolute Gasteiger partial charge is 0.337 e. The van der Waals surface area contributed by atoms with Crippen LogP contribution in [0.1, 0.15) is 6.42 Å². The van der Waals surface area contributed by atoms with E-state index in [0.29, 0.717) is 18.8 Å². The van der Waals surface area contributed by atoms with Gasteiger partial charge in [-0.05, 0) is 0 Å². The van der Waals surface area contributed by atoms with Gasteiger partial charge in [0.1, 0.15) is 5.15 Å². The van der Waals surface area contributed by atoms with Crippen LogP contribution in [0.2, 0.25) is 5.15 Å². The minimum atomic E-state index is -0.143. The van der Waals surface area contributed by atoms with Gasteiger partial charge in [-0.15, -0.1) is 0 Å². The summed E-state index contributed by atoms with van der Waals surface area (Å²) in [5.74, 6) is 0.211. The van der Waals surface area contributed by atoms with Crippen molar-refractivity contribution in [3.05, 3.63) is 36.3 Å². The van der Waals surface area contributed by atoms with E-state index < -0.39 is 0 Å². The number of nitrogens with one attached hydrogen (secondary N) is 1. The van der Waals surface area contributed by atoms with Crippen LogP contribution in [0.25, 0.3) is 0 Å². The highest BCUT2D eigenvalue weighted by Gasteiger charge is 2.04. The van der Waals surface area contributed by atoms with E-state index in [9.17, 15) is 4.79 Å². The van der Waals surface area contributed by atoms with Crippen molar-refractivity contribution in [1.29, 1.82) is 0 Å². The van der Waals surface area contributed by atoms with E-state index in [0.717, 1.165) is 0 Å². The second kappa shape index (κ2) is 5.40. The molecule has 0 aliphatic rings. The van der Waals surface area contributed by atoms with Crippen molar-refractivity contribution in [2.24, 2.45) is 0 Å². The number of anilines is 1. The van der Waals surface area contributed by atoms with Crippen LogP contribution in [0.3, 0.4) is 0 Å². The highest BCUT2D eigenvalue weighted by atomic mass is 35.5. The lowest BCUT2D eigenvalue weighted by Crippen LogP contribution is -2.15. The van der Waals surface area contributed by atoms with Gasteiger partial charge in [-0.1, -0.05) is 11.6 Å². The summed E-state index contributed by atoms with van der Waals surface area (Å²) in [5, 5.41) is 2.86. The molecule has 0 spiro atoms. The summed E-state index contributed by atoms with van der Waals surface area (Å²) in [7, 11) is 0. The highest BCUT2D eigenvalue weighted by Crippen LogP contribution is 2.07. The third kappa shape index (κ3) is 3.53. The maximum Gasteiger partial charge on any atom is 0.227 e. The molecule has 0 atom stereocenters. The zero-order chi connectivity index (χ0) is 12.1. The molecule has 2 aromatic rings. The monoisotopic (exact) mass is 251 g/mol. The second-order valence-electron chi connectivity index (χ2n) is 3.33. The van der Waals surface area contributed by atoms with E-state index >= 15 is 0 Å². The molecule has 1 amide bonds. The number of imidazole rings is 1. The average Bonchev–Trinajstić information content (AvgIpc) is 2.79. The molecule has 0 aliphatic carbocycles. The van der Waals surface area contributed by atoms with Gasteiger partial charge in [0.25, 0.3) is 0 Å². The molecule has 0 saturated heterocycles. The van der Waals surface area contributed by atoms with E-state index in [1.54, 1.807) is 18.7 Å². The summed E-state index contributed by atoms with van der Waals surface area (Å²) in [5.41, 5.74) is 0. The summed E-state index contributed by atoms with van der Waals surface area (Å²) < 4.78 is 1.82. The number of hydrogen-bond donors (Lipinski definition) is 1. The fourth-order valence-electron chi connectivity index (χ4n) is 1.26. The normalized spacial score (nSPS) is 10.2. The van der Waals surface area contributed by atoms with E-state index in [2.05, 4.69) is 20.3 Å². The van der Waals surface area contributed by atoms with E-state index in [4.69, 9.17) is 11.6 Å². The van der Waals surface area contributed by atoms with Crippen LogP contribution in [-0.2, 0) is 11.3 Å². The van der Waals surface area contributed by atoms with Gasteiger partial charge >= 0.3 is 0 Å². The lowest BCUT2D eigenvalue weighted by Gasteiger charge is -2.04. The Morgan fingerprint density at radius 3 is 3.00 bits per heavy atom. The van der Waals surface area contributed by atoms with Crippen LogP contribution < -0.4 is 5.32 Å². The van der Waals surface area contributed by atoms with Crippen LogP contribution >= 0.6 is 11.6 Å². The first-order chi connectivity index (χ1) is 8.24. The quantitative estimate of drug-likeness (QED) is 0.890. The standard InChI is InChI=1S/C10H10ClN5O/c11-8-5-13-6-9(14-8)15-10(17)1-3-16-4-2-12-7-16/h2,4-7H,1,3H2,(H,14,15,17). The first-order valence-corrected chi connectivity index (χ1v) is 5.35. The van der Waals surface area contributed by atoms with Gasteiger partial charge in [0.15, 0.2) is 5.82 Å². The van der Waals surface area contributed by atoms with Crippen LogP contribution in [0, 0.1) is 0 Å². The number of nitrogens with zero attached hydrogens (tertiary/aromatic N) is 4. The molecule has 6 nitrogen and oxygen atoms in total. The Kier molecular flexibility index (Phi) is 3.66. The Morgan fingerprint density at radius 2 is 2.29 bits per heavy atom. The van der Waals surface area contributed by atoms with E-state index in [1.807, 2.05) is 4.57 Å². The first-order valence-electron chi connectivity index (χ1n) is 4.97. The molecule has 7 heteroatoms. The van der Waals surface area contributed by atoms with Crippen molar-refractivity contribution in [2.75, 3.05) is 5.32 Å². The molecule has 17 heavy (non-hydrogen) atoms. The van der Waals surface area contributed by atoms with Crippen molar-refractivity contribution >= 4 is 23.3 Å². The number of hydrogen-bond acceptors (Lipinski definition) is 4. The number of carbonyl (C=O) groups is 1. The number of aromatic nitrogens is 4. The lowest BCUT2D eigenvalue weighted by molar-refractivity contribution is -0.116. The number of rotatable bonds is 4. The topological polar surface area (TPSA) is 72.7 Å². The first kappa shape index (κ1) is 11.5. The maximum atomic E-state index is 11.6. The number of carbonyl (C=O) groups excluding carboxylic acids is 1. The van der Waals surface area contributed by atoms with Crippen molar-refractivity contribution in [3.8, 4) is 0 Å². The molecule has 0 saturated carbocycles. The number of amides is 1. The Bertz CT molecular complexity index is 499. The Hall–Kier alpha value is -1.95. The summed E-state index contributed by atoms with van der Waals surface area (Å²) in [4.78, 5) is 23.2. The Morgan fingerprint density at radius 1 is 1.41 bits per heavy atom. The predicted octanol–water partition coefficient (Wildman–Crippen LogP) is 1.36. The van der Waals surface area contributed by atoms with Crippen LogP contribution in [0.5, 0.6) is 0 Å². The molecule has 2 rings (SSSR count). The van der Waals surface area contributed by atoms with Crippen molar-refractivity contribution in [1.82, 2.24) is 19.5 Å². The predicted molar refractivity (Wildman–Crippen MR) is 62.5 cm³/mol. The smallest absolute Gasteiger partial charge is 0.227 e. The van der Waals surface area contributed by atoms with Gasteiger partial charge in [0, 0.05) is 25.4 Å². The molecule has 0 aliphatic heterocycles. The van der Waals surface area contributed by atoms with Gasteiger partial charge in [0.2, 0.25) is 5.91 Å². The summed E-state index contributed by atoms with van der Waals surface area (Å²) in [6.07, 6.45) is 8.31. The summed E-state index contributed by atoms with van der Waals surface area (Å²) >= 11 is 5.65. The van der Waals surface area contributed by atoms with Crippen LogP contribution in [0.4, 0.5) is 5.82 Å². The van der Waals surface area contributed by atoms with Gasteiger partial charge in [-0.2, -0.15) is 0 Å². The molecule has 0 fully saturated rings. The molecule has 0 radical (unpaired) electrons. The van der Waals surface area contributed by atoms with E-state index in [-0.39, 0.29) is 11.1 Å². The zero-order valence-corrected chi connectivity index (χ0v) is 9.63. The minimum absolute atomic E-state index is 0.143. The van der Waals surface area contributed by atoms with Gasteiger partial charge in [-0.3, -0.25) is 9.78 Å². The average molecular weight is 252 g/mol. The molecule has 2 heterocycles. The molecule has 2 aromatic heterocycles. The second-order valence-corrected chi connectivity index (χ2v) is 3.71. The number of aryl methyl sites for hydroxylation is 1. The number of halogens is 1. The Labute approximate surface area is 103 Å². The van der Waals surface area contributed by atoms with Crippen molar-refractivity contribution in [3.63, 3.8) is 0 Å². The molecular weight excluding hydrogens is 242 g/mol. The lowest BCUT2D eigenvalue weighted by atomic mass is 10.4. The molecule has 1 N–H and O–H groups in total. The minimum Gasteiger partial charge on any atom is -0.337 e. The fourth-order valence-corrected chi connectivity index (χ4v) is 1.40. The molecule has 0 aromatic carbocycles. The third-order valence-corrected chi connectivity index (χ3v) is 2.21. The maximum absolute atomic E-state index is 11.6. The molecule has 0 bridgehead atoms. The zero-order valence-electron chi connectivity index (χ0n) is 8.88. The fraction of sp³-hybridized carbons (Fsp3) is 0.200. The third-order valence-electron chi connectivity index (χ3n) is 2.03. The van der Waals surface area contributed by atoms with Gasteiger partial charge in [0.05, 0.1) is 18.7 Å². The molecular formula is C10H10ClN5O. The van der Waals surface area contributed by atoms with Crippen molar-refractivity contribution in [2.45, 2.75) is 13.0 Å². The van der Waals surface area contributed by atoms with Crippen LogP contribution in [-0.4, -0.2) is 25.4 Å². The molecule has 0 unspecified atom stereocenters. The summed E-state index contributed by atoms with van der Waals surface area (Å²) in [6.45, 7) is 0.569. The molecule has 88 valence electrons. The highest BCUT2D eigenvalue weighted by molar-refractivity contribution is 6.29. The van der Waals surface area contributed by atoms with E-state index in [1.165, 1.54) is 12.4 Å². The SMILES string of the molecule is O=C(CCn1ccnc1)Nc1cncc(Cl)n1. The van der Waals surface area contributed by atoms with Gasteiger partial charge in [-0.25, -0.2) is 9.97 Å².